The first kappa shape index (κ1) is 13.6. The van der Waals surface area contributed by atoms with E-state index in [1.807, 2.05) is 11.8 Å². The van der Waals surface area contributed by atoms with Crippen LogP contribution in [0, 0.1) is 0 Å². The van der Waals surface area contributed by atoms with Gasteiger partial charge in [0, 0.05) is 50.3 Å². The highest BCUT2D eigenvalue weighted by Crippen LogP contribution is 2.26. The van der Waals surface area contributed by atoms with Crippen LogP contribution in [0.3, 0.4) is 0 Å². The molecule has 0 bridgehead atoms. The predicted octanol–water partition coefficient (Wildman–Crippen LogP) is 0.163. The molecule has 3 unspecified atom stereocenters. The summed E-state index contributed by atoms with van der Waals surface area (Å²) < 4.78 is 5.53. The Hall–Kier alpha value is 0.190. The summed E-state index contributed by atoms with van der Waals surface area (Å²) >= 11 is 1.87. The number of rotatable bonds is 5. The number of aliphatic hydroxyl groups excluding tert-OH is 1. The van der Waals surface area contributed by atoms with Gasteiger partial charge in [0.25, 0.3) is 0 Å². The highest BCUT2D eigenvalue weighted by Gasteiger charge is 2.25. The third kappa shape index (κ3) is 4.41. The van der Waals surface area contributed by atoms with Crippen LogP contribution in [0.1, 0.15) is 13.3 Å². The van der Waals surface area contributed by atoms with Crippen molar-refractivity contribution in [1.82, 2.24) is 10.2 Å². The standard InChI is InChI=1S/C12H24N2O2S/c1-10-12(2-7-16-10)17-9-11(15)8-14-5-3-13-4-6-14/h10-13,15H,2-9H2,1H3. The van der Waals surface area contributed by atoms with E-state index < -0.39 is 0 Å². The third-order valence-electron chi connectivity index (χ3n) is 3.49. The number of nitrogens with one attached hydrogen (secondary N) is 1. The molecule has 0 amide bonds. The zero-order valence-corrected chi connectivity index (χ0v) is 11.4. The fourth-order valence-electron chi connectivity index (χ4n) is 2.41. The maximum absolute atomic E-state index is 10.0. The molecule has 2 fully saturated rings. The maximum atomic E-state index is 10.0. The van der Waals surface area contributed by atoms with Crippen molar-refractivity contribution >= 4 is 11.8 Å². The van der Waals surface area contributed by atoms with Crippen LogP contribution in [-0.2, 0) is 4.74 Å². The molecule has 0 aliphatic carbocycles. The molecule has 0 aromatic rings. The second-order valence-electron chi connectivity index (χ2n) is 4.94. The van der Waals surface area contributed by atoms with Crippen molar-refractivity contribution in [2.75, 3.05) is 45.1 Å². The van der Waals surface area contributed by atoms with Crippen molar-refractivity contribution in [2.45, 2.75) is 30.8 Å². The summed E-state index contributed by atoms with van der Waals surface area (Å²) in [5.74, 6) is 0.836. The predicted molar refractivity (Wildman–Crippen MR) is 71.6 cm³/mol. The highest BCUT2D eigenvalue weighted by molar-refractivity contribution is 8.00. The van der Waals surface area contributed by atoms with E-state index >= 15 is 0 Å². The van der Waals surface area contributed by atoms with Crippen molar-refractivity contribution in [3.63, 3.8) is 0 Å². The summed E-state index contributed by atoms with van der Waals surface area (Å²) in [6, 6.07) is 0. The highest BCUT2D eigenvalue weighted by atomic mass is 32.2. The SMILES string of the molecule is CC1OCCC1SCC(O)CN1CCNCC1. The summed E-state index contributed by atoms with van der Waals surface area (Å²) in [7, 11) is 0. The minimum Gasteiger partial charge on any atom is -0.391 e. The molecule has 2 saturated heterocycles. The van der Waals surface area contributed by atoms with E-state index in [0.717, 1.165) is 51.5 Å². The van der Waals surface area contributed by atoms with E-state index in [1.165, 1.54) is 0 Å². The summed E-state index contributed by atoms with van der Waals surface area (Å²) in [4.78, 5) is 2.34. The lowest BCUT2D eigenvalue weighted by Crippen LogP contribution is -2.46. The van der Waals surface area contributed by atoms with E-state index in [0.29, 0.717) is 11.4 Å². The molecular weight excluding hydrogens is 236 g/mol. The third-order valence-corrected chi connectivity index (χ3v) is 5.11. The molecule has 0 aromatic heterocycles. The molecule has 17 heavy (non-hydrogen) atoms. The Morgan fingerprint density at radius 2 is 2.24 bits per heavy atom. The maximum Gasteiger partial charge on any atom is 0.0757 e. The Labute approximate surface area is 108 Å². The van der Waals surface area contributed by atoms with E-state index in [2.05, 4.69) is 17.1 Å². The summed E-state index contributed by atoms with van der Waals surface area (Å²) in [5.41, 5.74) is 0. The monoisotopic (exact) mass is 260 g/mol. The van der Waals surface area contributed by atoms with E-state index in [9.17, 15) is 5.11 Å². The van der Waals surface area contributed by atoms with Crippen LogP contribution < -0.4 is 5.32 Å². The molecule has 2 heterocycles. The van der Waals surface area contributed by atoms with Crippen LogP contribution in [0.15, 0.2) is 0 Å². The Morgan fingerprint density at radius 3 is 2.88 bits per heavy atom. The molecule has 4 nitrogen and oxygen atoms in total. The smallest absolute Gasteiger partial charge is 0.0757 e. The van der Waals surface area contributed by atoms with Gasteiger partial charge in [0.05, 0.1) is 12.2 Å². The number of hydrogen-bond acceptors (Lipinski definition) is 5. The molecule has 0 radical (unpaired) electrons. The number of hydrogen-bond donors (Lipinski definition) is 2. The average Bonchev–Trinajstić information content (AvgIpc) is 2.74. The number of ether oxygens (including phenoxy) is 1. The Morgan fingerprint density at radius 1 is 1.47 bits per heavy atom. The first-order valence-electron chi connectivity index (χ1n) is 6.60. The summed E-state index contributed by atoms with van der Waals surface area (Å²) in [5, 5.41) is 13.9. The molecule has 3 atom stereocenters. The van der Waals surface area contributed by atoms with Crippen molar-refractivity contribution in [2.24, 2.45) is 0 Å². The summed E-state index contributed by atoms with van der Waals surface area (Å²) in [6.45, 7) is 8.05. The minimum atomic E-state index is -0.203. The molecule has 2 N–H and O–H groups in total. The molecule has 2 aliphatic rings. The van der Waals surface area contributed by atoms with Crippen LogP contribution in [0.2, 0.25) is 0 Å². The van der Waals surface area contributed by atoms with Gasteiger partial charge in [0.15, 0.2) is 0 Å². The van der Waals surface area contributed by atoms with Crippen LogP contribution in [0.25, 0.3) is 0 Å². The van der Waals surface area contributed by atoms with Gasteiger partial charge in [0.2, 0.25) is 0 Å². The van der Waals surface area contributed by atoms with Gasteiger partial charge in [-0.15, -0.1) is 0 Å². The van der Waals surface area contributed by atoms with Gasteiger partial charge in [-0.25, -0.2) is 0 Å². The van der Waals surface area contributed by atoms with Gasteiger partial charge in [0.1, 0.15) is 0 Å². The number of piperazine rings is 1. The van der Waals surface area contributed by atoms with Gasteiger partial charge >= 0.3 is 0 Å². The largest absolute Gasteiger partial charge is 0.391 e. The first-order valence-corrected chi connectivity index (χ1v) is 7.65. The van der Waals surface area contributed by atoms with Crippen LogP contribution >= 0.6 is 11.8 Å². The lowest BCUT2D eigenvalue weighted by Gasteiger charge is -2.29. The van der Waals surface area contributed by atoms with Crippen LogP contribution in [-0.4, -0.2) is 72.5 Å². The fraction of sp³-hybridized carbons (Fsp3) is 1.00. The zero-order chi connectivity index (χ0) is 12.1. The van der Waals surface area contributed by atoms with Crippen LogP contribution in [0.5, 0.6) is 0 Å². The van der Waals surface area contributed by atoms with Crippen molar-refractivity contribution in [1.29, 1.82) is 0 Å². The van der Waals surface area contributed by atoms with Gasteiger partial charge in [-0.05, 0) is 13.3 Å². The van der Waals surface area contributed by atoms with Crippen LogP contribution in [0.4, 0.5) is 0 Å². The van der Waals surface area contributed by atoms with Crippen molar-refractivity contribution in [3.8, 4) is 0 Å². The summed E-state index contributed by atoms with van der Waals surface area (Å²) in [6.07, 6.45) is 1.28. The molecule has 5 heteroatoms. The first-order chi connectivity index (χ1) is 8.25. The molecule has 0 spiro atoms. The molecule has 100 valence electrons. The Kier molecular flexibility index (Phi) is 5.56. The van der Waals surface area contributed by atoms with E-state index in [-0.39, 0.29) is 6.10 Å². The van der Waals surface area contributed by atoms with E-state index in [1.54, 1.807) is 0 Å². The second-order valence-corrected chi connectivity index (χ2v) is 6.21. The zero-order valence-electron chi connectivity index (χ0n) is 10.6. The number of aliphatic hydroxyl groups is 1. The number of nitrogens with zero attached hydrogens (tertiary/aromatic N) is 1. The average molecular weight is 260 g/mol. The molecule has 2 aliphatic heterocycles. The number of β-amino-alcohol motifs (C(OH)–C–C–N with tert-alkyl or cyclic N) is 1. The van der Waals surface area contributed by atoms with Gasteiger partial charge in [-0.1, -0.05) is 0 Å². The molecular formula is C12H24N2O2S. The lowest BCUT2D eigenvalue weighted by atomic mass is 10.3. The topological polar surface area (TPSA) is 44.7 Å². The molecule has 0 aromatic carbocycles. The molecule has 0 saturated carbocycles. The fourth-order valence-corrected chi connectivity index (χ4v) is 3.60. The van der Waals surface area contributed by atoms with E-state index in [4.69, 9.17) is 4.74 Å². The minimum absolute atomic E-state index is 0.203. The van der Waals surface area contributed by atoms with Gasteiger partial charge in [-0.2, -0.15) is 11.8 Å². The quantitative estimate of drug-likeness (QED) is 0.737. The van der Waals surface area contributed by atoms with Gasteiger partial charge < -0.3 is 15.2 Å². The Bertz CT molecular complexity index is 225. The normalized spacial score (nSPS) is 32.8. The van der Waals surface area contributed by atoms with Crippen molar-refractivity contribution in [3.05, 3.63) is 0 Å². The molecule has 2 rings (SSSR count). The van der Waals surface area contributed by atoms with Crippen molar-refractivity contribution < 1.29 is 9.84 Å². The van der Waals surface area contributed by atoms with Gasteiger partial charge in [-0.3, -0.25) is 4.90 Å². The number of thioether (sulfide) groups is 1. The Balaban J connectivity index is 1.61. The lowest BCUT2D eigenvalue weighted by molar-refractivity contribution is 0.120. The second kappa shape index (κ2) is 6.95.